The van der Waals surface area contributed by atoms with E-state index in [2.05, 4.69) is 20.7 Å². The molecule has 124 valence electrons. The standard InChI is InChI=1S/C17H20BrNO3S/c1-11-5-7-15(12(2)9-11)13(3)19-23(20,21)17-10-14(18)6-8-16(17)22-4/h5-10,13,19H,1-4H3/t13-/m1/s1. The predicted octanol–water partition coefficient (Wildman–Crippen LogP) is 4.11. The average molecular weight is 398 g/mol. The number of hydrogen-bond acceptors (Lipinski definition) is 3. The summed E-state index contributed by atoms with van der Waals surface area (Å²) in [6.07, 6.45) is 0. The molecule has 0 fully saturated rings. The molecule has 1 atom stereocenters. The van der Waals surface area contributed by atoms with E-state index in [1.807, 2.05) is 39.0 Å². The highest BCUT2D eigenvalue weighted by Gasteiger charge is 2.23. The normalized spacial score (nSPS) is 12.9. The van der Waals surface area contributed by atoms with Gasteiger partial charge in [-0.3, -0.25) is 0 Å². The van der Waals surface area contributed by atoms with Crippen LogP contribution in [0.1, 0.15) is 29.7 Å². The first-order valence-electron chi connectivity index (χ1n) is 7.17. The Labute approximate surface area is 146 Å². The van der Waals surface area contributed by atoms with Gasteiger partial charge in [0, 0.05) is 10.5 Å². The van der Waals surface area contributed by atoms with Crippen LogP contribution in [0.4, 0.5) is 0 Å². The molecule has 0 spiro atoms. The number of methoxy groups -OCH3 is 1. The van der Waals surface area contributed by atoms with Crippen molar-refractivity contribution in [1.82, 2.24) is 4.72 Å². The molecule has 2 aromatic carbocycles. The minimum Gasteiger partial charge on any atom is -0.495 e. The molecule has 0 saturated carbocycles. The lowest BCUT2D eigenvalue weighted by Gasteiger charge is -2.18. The second-order valence-electron chi connectivity index (χ2n) is 5.50. The lowest BCUT2D eigenvalue weighted by molar-refractivity contribution is 0.402. The predicted molar refractivity (Wildman–Crippen MR) is 95.3 cm³/mol. The second-order valence-corrected chi connectivity index (χ2v) is 8.10. The summed E-state index contributed by atoms with van der Waals surface area (Å²) >= 11 is 3.30. The van der Waals surface area contributed by atoms with Crippen LogP contribution in [0.3, 0.4) is 0 Å². The third-order valence-corrected chi connectivity index (χ3v) is 5.69. The number of aryl methyl sites for hydroxylation is 2. The van der Waals surface area contributed by atoms with Crippen molar-refractivity contribution in [1.29, 1.82) is 0 Å². The van der Waals surface area contributed by atoms with Gasteiger partial charge >= 0.3 is 0 Å². The number of nitrogens with one attached hydrogen (secondary N) is 1. The molecule has 6 heteroatoms. The van der Waals surface area contributed by atoms with Crippen LogP contribution in [-0.4, -0.2) is 15.5 Å². The highest BCUT2D eigenvalue weighted by atomic mass is 79.9. The number of sulfonamides is 1. The highest BCUT2D eigenvalue weighted by Crippen LogP contribution is 2.29. The maximum atomic E-state index is 12.7. The summed E-state index contributed by atoms with van der Waals surface area (Å²) in [5.74, 6) is 0.313. The fourth-order valence-electron chi connectivity index (χ4n) is 2.53. The molecule has 0 heterocycles. The first kappa shape index (κ1) is 18.0. The maximum absolute atomic E-state index is 12.7. The maximum Gasteiger partial charge on any atom is 0.244 e. The Morgan fingerprint density at radius 1 is 1.13 bits per heavy atom. The summed E-state index contributed by atoms with van der Waals surface area (Å²) in [6, 6.07) is 10.5. The summed E-state index contributed by atoms with van der Waals surface area (Å²) in [7, 11) is -2.25. The summed E-state index contributed by atoms with van der Waals surface area (Å²) in [4.78, 5) is 0.117. The average Bonchev–Trinajstić information content (AvgIpc) is 2.46. The van der Waals surface area contributed by atoms with Crippen LogP contribution in [-0.2, 0) is 10.0 Å². The van der Waals surface area contributed by atoms with Gasteiger partial charge in [-0.25, -0.2) is 13.1 Å². The molecule has 0 aliphatic rings. The Kier molecular flexibility index (Phi) is 5.49. The molecule has 23 heavy (non-hydrogen) atoms. The van der Waals surface area contributed by atoms with Crippen LogP contribution in [0.15, 0.2) is 45.8 Å². The van der Waals surface area contributed by atoms with Crippen LogP contribution in [0.5, 0.6) is 5.75 Å². The molecular formula is C17H20BrNO3S. The largest absolute Gasteiger partial charge is 0.495 e. The first-order chi connectivity index (χ1) is 10.7. The van der Waals surface area contributed by atoms with Gasteiger partial charge in [0.15, 0.2) is 0 Å². The third-order valence-electron chi connectivity index (χ3n) is 3.64. The van der Waals surface area contributed by atoms with E-state index in [0.29, 0.717) is 10.2 Å². The Morgan fingerprint density at radius 3 is 2.43 bits per heavy atom. The van der Waals surface area contributed by atoms with Crippen molar-refractivity contribution in [2.75, 3.05) is 7.11 Å². The third kappa shape index (κ3) is 4.13. The molecule has 1 N–H and O–H groups in total. The highest BCUT2D eigenvalue weighted by molar-refractivity contribution is 9.10. The minimum atomic E-state index is -3.70. The Hall–Kier alpha value is -1.37. The smallest absolute Gasteiger partial charge is 0.244 e. The molecule has 0 aliphatic heterocycles. The molecule has 0 saturated heterocycles. The fourth-order valence-corrected chi connectivity index (χ4v) is 4.46. The molecule has 0 aromatic heterocycles. The Balaban J connectivity index is 2.36. The first-order valence-corrected chi connectivity index (χ1v) is 9.45. The second kappa shape index (κ2) is 7.03. The van der Waals surface area contributed by atoms with E-state index in [1.54, 1.807) is 12.1 Å². The van der Waals surface area contributed by atoms with E-state index in [4.69, 9.17) is 4.74 Å². The monoisotopic (exact) mass is 397 g/mol. The van der Waals surface area contributed by atoms with Crippen LogP contribution < -0.4 is 9.46 Å². The van der Waals surface area contributed by atoms with Gasteiger partial charge in [-0.05, 0) is 50.1 Å². The lowest BCUT2D eigenvalue weighted by Crippen LogP contribution is -2.27. The Bertz CT molecular complexity index is 819. The SMILES string of the molecule is COc1ccc(Br)cc1S(=O)(=O)N[C@H](C)c1ccc(C)cc1C. The van der Waals surface area contributed by atoms with Gasteiger partial charge in [-0.15, -0.1) is 0 Å². The van der Waals surface area contributed by atoms with Gasteiger partial charge in [0.05, 0.1) is 7.11 Å². The van der Waals surface area contributed by atoms with E-state index < -0.39 is 10.0 Å². The van der Waals surface area contributed by atoms with Gasteiger partial charge in [-0.2, -0.15) is 0 Å². The number of benzene rings is 2. The van der Waals surface area contributed by atoms with E-state index in [-0.39, 0.29) is 10.9 Å². The van der Waals surface area contributed by atoms with Crippen molar-refractivity contribution < 1.29 is 13.2 Å². The zero-order valence-corrected chi connectivity index (χ0v) is 16.0. The summed E-state index contributed by atoms with van der Waals surface area (Å²) in [5.41, 5.74) is 3.16. The van der Waals surface area contributed by atoms with E-state index in [0.717, 1.165) is 16.7 Å². The molecule has 0 amide bonds. The quantitative estimate of drug-likeness (QED) is 0.825. The van der Waals surface area contributed by atoms with Crippen LogP contribution in [0.25, 0.3) is 0 Å². The van der Waals surface area contributed by atoms with Crippen molar-refractivity contribution in [2.45, 2.75) is 31.7 Å². The summed E-state index contributed by atoms with van der Waals surface area (Å²) in [5, 5.41) is 0. The number of hydrogen-bond donors (Lipinski definition) is 1. The molecule has 2 aromatic rings. The molecule has 0 unspecified atom stereocenters. The lowest BCUT2D eigenvalue weighted by atomic mass is 10.0. The van der Waals surface area contributed by atoms with Crippen LogP contribution >= 0.6 is 15.9 Å². The van der Waals surface area contributed by atoms with Crippen molar-refractivity contribution in [3.63, 3.8) is 0 Å². The van der Waals surface area contributed by atoms with E-state index >= 15 is 0 Å². The summed E-state index contributed by atoms with van der Waals surface area (Å²) < 4.78 is 34.0. The zero-order chi connectivity index (χ0) is 17.2. The van der Waals surface area contributed by atoms with Gasteiger partial charge in [-0.1, -0.05) is 39.7 Å². The number of ether oxygens (including phenoxy) is 1. The van der Waals surface area contributed by atoms with Crippen molar-refractivity contribution in [3.8, 4) is 5.75 Å². The van der Waals surface area contributed by atoms with E-state index in [1.165, 1.54) is 13.2 Å². The number of rotatable bonds is 5. The molecule has 0 bridgehead atoms. The zero-order valence-electron chi connectivity index (χ0n) is 13.6. The topological polar surface area (TPSA) is 55.4 Å². The molecule has 4 nitrogen and oxygen atoms in total. The van der Waals surface area contributed by atoms with Gasteiger partial charge in [0.1, 0.15) is 10.6 Å². The van der Waals surface area contributed by atoms with Crippen LogP contribution in [0.2, 0.25) is 0 Å². The van der Waals surface area contributed by atoms with Crippen molar-refractivity contribution in [2.24, 2.45) is 0 Å². The van der Waals surface area contributed by atoms with Crippen molar-refractivity contribution in [3.05, 3.63) is 57.6 Å². The summed E-state index contributed by atoms with van der Waals surface area (Å²) in [6.45, 7) is 5.82. The number of halogens is 1. The molecule has 0 radical (unpaired) electrons. The van der Waals surface area contributed by atoms with Crippen molar-refractivity contribution >= 4 is 26.0 Å². The molecular weight excluding hydrogens is 378 g/mol. The minimum absolute atomic E-state index is 0.117. The van der Waals surface area contributed by atoms with Gasteiger partial charge in [0.2, 0.25) is 10.0 Å². The fraction of sp³-hybridized carbons (Fsp3) is 0.294. The van der Waals surface area contributed by atoms with E-state index in [9.17, 15) is 8.42 Å². The molecule has 0 aliphatic carbocycles. The van der Waals surface area contributed by atoms with Crippen LogP contribution in [0, 0.1) is 13.8 Å². The van der Waals surface area contributed by atoms with Gasteiger partial charge < -0.3 is 4.74 Å². The molecule has 2 rings (SSSR count). The Morgan fingerprint density at radius 2 is 1.83 bits per heavy atom. The van der Waals surface area contributed by atoms with Gasteiger partial charge in [0.25, 0.3) is 0 Å².